The average Bonchev–Trinajstić information content (AvgIpc) is 2.31. The van der Waals surface area contributed by atoms with E-state index in [0.29, 0.717) is 5.92 Å². The summed E-state index contributed by atoms with van der Waals surface area (Å²) < 4.78 is 0. The predicted molar refractivity (Wildman–Crippen MR) is 72.7 cm³/mol. The number of hydrogen-bond acceptors (Lipinski definition) is 4. The van der Waals surface area contributed by atoms with Crippen molar-refractivity contribution >= 4 is 5.82 Å². The Morgan fingerprint density at radius 2 is 2.00 bits per heavy atom. The fourth-order valence-corrected chi connectivity index (χ4v) is 2.39. The third kappa shape index (κ3) is 3.19. The molecule has 1 fully saturated rings. The number of hydrogen-bond donors (Lipinski definition) is 2. The van der Waals surface area contributed by atoms with Gasteiger partial charge in [0.15, 0.2) is 0 Å². The first-order valence-electron chi connectivity index (χ1n) is 6.86. The van der Waals surface area contributed by atoms with Crippen molar-refractivity contribution in [2.24, 2.45) is 0 Å². The molecule has 1 aromatic heterocycles. The average molecular weight is 249 g/mol. The number of rotatable bonds is 3. The molecule has 1 saturated carbocycles. The molecular weight excluding hydrogens is 226 g/mol. The maximum absolute atomic E-state index is 9.97. The Morgan fingerprint density at radius 1 is 1.28 bits per heavy atom. The lowest BCUT2D eigenvalue weighted by atomic mass is 9.92. The van der Waals surface area contributed by atoms with E-state index >= 15 is 0 Å². The van der Waals surface area contributed by atoms with Crippen LogP contribution >= 0.6 is 0 Å². The Kier molecular flexibility index (Phi) is 4.17. The van der Waals surface area contributed by atoms with E-state index in [0.717, 1.165) is 36.6 Å². The zero-order chi connectivity index (χ0) is 13.1. The maximum atomic E-state index is 9.97. The van der Waals surface area contributed by atoms with Crippen LogP contribution in [0.25, 0.3) is 0 Å². The SMILES string of the molecule is Cc1cc(NC2CCCCC2O)nc(C(C)C)n1. The molecule has 2 atom stereocenters. The standard InChI is InChI=1S/C14H23N3O/c1-9(2)14-15-10(3)8-13(17-14)16-11-6-4-5-7-12(11)18/h8-9,11-12,18H,4-7H2,1-3H3,(H,15,16,17). The quantitative estimate of drug-likeness (QED) is 0.864. The molecule has 0 radical (unpaired) electrons. The number of anilines is 1. The van der Waals surface area contributed by atoms with Crippen LogP contribution in [0.5, 0.6) is 0 Å². The molecule has 4 nitrogen and oxygen atoms in total. The van der Waals surface area contributed by atoms with E-state index in [1.54, 1.807) is 0 Å². The van der Waals surface area contributed by atoms with E-state index < -0.39 is 0 Å². The van der Waals surface area contributed by atoms with Crippen LogP contribution in [-0.4, -0.2) is 27.2 Å². The number of nitrogens with zero attached hydrogens (tertiary/aromatic N) is 2. The van der Waals surface area contributed by atoms with Crippen molar-refractivity contribution in [1.29, 1.82) is 0 Å². The molecule has 0 spiro atoms. The zero-order valence-corrected chi connectivity index (χ0v) is 11.5. The summed E-state index contributed by atoms with van der Waals surface area (Å²) >= 11 is 0. The van der Waals surface area contributed by atoms with Crippen LogP contribution < -0.4 is 5.32 Å². The van der Waals surface area contributed by atoms with Crippen molar-refractivity contribution < 1.29 is 5.11 Å². The van der Waals surface area contributed by atoms with Gasteiger partial charge < -0.3 is 10.4 Å². The van der Waals surface area contributed by atoms with Crippen molar-refractivity contribution in [3.05, 3.63) is 17.6 Å². The van der Waals surface area contributed by atoms with Gasteiger partial charge in [0.25, 0.3) is 0 Å². The predicted octanol–water partition coefficient (Wildman–Crippen LogP) is 2.62. The lowest BCUT2D eigenvalue weighted by Crippen LogP contribution is -2.36. The number of aryl methyl sites for hydroxylation is 1. The highest BCUT2D eigenvalue weighted by molar-refractivity contribution is 5.37. The van der Waals surface area contributed by atoms with Gasteiger partial charge >= 0.3 is 0 Å². The van der Waals surface area contributed by atoms with Crippen molar-refractivity contribution in [3.63, 3.8) is 0 Å². The van der Waals surface area contributed by atoms with Gasteiger partial charge in [0.05, 0.1) is 12.1 Å². The number of nitrogens with one attached hydrogen (secondary N) is 1. The lowest BCUT2D eigenvalue weighted by molar-refractivity contribution is 0.116. The van der Waals surface area contributed by atoms with Crippen LogP contribution in [0.1, 0.15) is 57.0 Å². The van der Waals surface area contributed by atoms with Gasteiger partial charge in [0.1, 0.15) is 11.6 Å². The van der Waals surface area contributed by atoms with Gasteiger partial charge in [0, 0.05) is 17.7 Å². The van der Waals surface area contributed by atoms with E-state index in [4.69, 9.17) is 0 Å². The summed E-state index contributed by atoms with van der Waals surface area (Å²) in [7, 11) is 0. The molecule has 2 unspecified atom stereocenters. The first-order valence-corrected chi connectivity index (χ1v) is 6.86. The van der Waals surface area contributed by atoms with Gasteiger partial charge in [-0.3, -0.25) is 0 Å². The molecule has 2 N–H and O–H groups in total. The monoisotopic (exact) mass is 249 g/mol. The molecule has 1 aromatic rings. The van der Waals surface area contributed by atoms with Gasteiger partial charge in [-0.1, -0.05) is 26.7 Å². The minimum Gasteiger partial charge on any atom is -0.391 e. The van der Waals surface area contributed by atoms with Gasteiger partial charge in [-0.05, 0) is 19.8 Å². The molecule has 0 amide bonds. The van der Waals surface area contributed by atoms with Crippen LogP contribution in [-0.2, 0) is 0 Å². The number of aliphatic hydroxyl groups excluding tert-OH is 1. The van der Waals surface area contributed by atoms with Crippen LogP contribution in [0.4, 0.5) is 5.82 Å². The Morgan fingerprint density at radius 3 is 2.67 bits per heavy atom. The number of aliphatic hydroxyl groups is 1. The highest BCUT2D eigenvalue weighted by atomic mass is 16.3. The van der Waals surface area contributed by atoms with Crippen LogP contribution in [0, 0.1) is 6.92 Å². The van der Waals surface area contributed by atoms with Crippen LogP contribution in [0.15, 0.2) is 6.07 Å². The van der Waals surface area contributed by atoms with E-state index in [-0.39, 0.29) is 12.1 Å². The smallest absolute Gasteiger partial charge is 0.133 e. The Balaban J connectivity index is 2.12. The van der Waals surface area contributed by atoms with Crippen molar-refractivity contribution in [3.8, 4) is 0 Å². The normalized spacial score (nSPS) is 24.3. The third-order valence-corrected chi connectivity index (χ3v) is 3.45. The summed E-state index contributed by atoms with van der Waals surface area (Å²) in [4.78, 5) is 8.96. The fraction of sp³-hybridized carbons (Fsp3) is 0.714. The van der Waals surface area contributed by atoms with Gasteiger partial charge in [0.2, 0.25) is 0 Å². The molecule has 1 aliphatic rings. The molecule has 4 heteroatoms. The van der Waals surface area contributed by atoms with E-state index in [1.165, 1.54) is 6.42 Å². The molecule has 1 heterocycles. The molecule has 0 bridgehead atoms. The summed E-state index contributed by atoms with van der Waals surface area (Å²) in [6.07, 6.45) is 3.95. The molecule has 0 saturated heterocycles. The third-order valence-electron chi connectivity index (χ3n) is 3.45. The summed E-state index contributed by atoms with van der Waals surface area (Å²) in [6, 6.07) is 2.08. The molecule has 1 aliphatic carbocycles. The van der Waals surface area contributed by atoms with Crippen molar-refractivity contribution in [1.82, 2.24) is 9.97 Å². The molecular formula is C14H23N3O. The maximum Gasteiger partial charge on any atom is 0.133 e. The molecule has 0 aromatic carbocycles. The molecule has 100 valence electrons. The second kappa shape index (κ2) is 5.65. The Bertz CT molecular complexity index is 406. The summed E-state index contributed by atoms with van der Waals surface area (Å²) in [5, 5.41) is 13.3. The zero-order valence-electron chi connectivity index (χ0n) is 11.5. The molecule has 0 aliphatic heterocycles. The lowest BCUT2D eigenvalue weighted by Gasteiger charge is -2.29. The second-order valence-electron chi connectivity index (χ2n) is 5.51. The topological polar surface area (TPSA) is 58.0 Å². The largest absolute Gasteiger partial charge is 0.391 e. The molecule has 2 rings (SSSR count). The minimum atomic E-state index is -0.253. The Hall–Kier alpha value is -1.16. The van der Waals surface area contributed by atoms with Crippen LogP contribution in [0.2, 0.25) is 0 Å². The highest BCUT2D eigenvalue weighted by Crippen LogP contribution is 2.22. The van der Waals surface area contributed by atoms with Gasteiger partial charge in [-0.2, -0.15) is 0 Å². The van der Waals surface area contributed by atoms with Crippen molar-refractivity contribution in [2.45, 2.75) is 64.5 Å². The first kappa shape index (κ1) is 13.3. The van der Waals surface area contributed by atoms with Crippen LogP contribution in [0.3, 0.4) is 0 Å². The fourth-order valence-electron chi connectivity index (χ4n) is 2.39. The Labute approximate surface area is 109 Å². The number of aromatic nitrogens is 2. The second-order valence-corrected chi connectivity index (χ2v) is 5.51. The highest BCUT2D eigenvalue weighted by Gasteiger charge is 2.23. The van der Waals surface area contributed by atoms with E-state index in [9.17, 15) is 5.11 Å². The van der Waals surface area contributed by atoms with Gasteiger partial charge in [-0.25, -0.2) is 9.97 Å². The van der Waals surface area contributed by atoms with Gasteiger partial charge in [-0.15, -0.1) is 0 Å². The first-order chi connectivity index (χ1) is 8.56. The van der Waals surface area contributed by atoms with E-state index in [1.807, 2.05) is 13.0 Å². The van der Waals surface area contributed by atoms with Crippen molar-refractivity contribution in [2.75, 3.05) is 5.32 Å². The molecule has 18 heavy (non-hydrogen) atoms. The summed E-state index contributed by atoms with van der Waals surface area (Å²) in [5.74, 6) is 2.03. The summed E-state index contributed by atoms with van der Waals surface area (Å²) in [5.41, 5.74) is 0.974. The minimum absolute atomic E-state index is 0.132. The summed E-state index contributed by atoms with van der Waals surface area (Å²) in [6.45, 7) is 6.16. The van der Waals surface area contributed by atoms with E-state index in [2.05, 4.69) is 29.1 Å².